The normalized spacial score (nSPS) is 14.0. The Morgan fingerprint density at radius 3 is 2.28 bits per heavy atom. The van der Waals surface area contributed by atoms with E-state index in [1.807, 2.05) is 31.2 Å². The van der Waals surface area contributed by atoms with Gasteiger partial charge in [0.1, 0.15) is 0 Å². The summed E-state index contributed by atoms with van der Waals surface area (Å²) < 4.78 is 5.16. The van der Waals surface area contributed by atoms with E-state index in [2.05, 4.69) is 15.3 Å². The van der Waals surface area contributed by atoms with Crippen LogP contribution in [-0.4, -0.2) is 57.8 Å². The number of hydrogen-bond acceptors (Lipinski definition) is 6. The van der Waals surface area contributed by atoms with Crippen molar-refractivity contribution in [2.75, 3.05) is 31.5 Å². The van der Waals surface area contributed by atoms with Gasteiger partial charge in [-0.05, 0) is 36.8 Å². The molecule has 3 heterocycles. The first kappa shape index (κ1) is 18.7. The van der Waals surface area contributed by atoms with E-state index in [-0.39, 0.29) is 11.8 Å². The van der Waals surface area contributed by atoms with Gasteiger partial charge in [0.15, 0.2) is 5.76 Å². The Labute approximate surface area is 168 Å². The summed E-state index contributed by atoms with van der Waals surface area (Å²) in [5.41, 5.74) is 2.44. The van der Waals surface area contributed by atoms with E-state index in [1.165, 1.54) is 18.7 Å². The van der Waals surface area contributed by atoms with E-state index in [9.17, 15) is 9.59 Å². The van der Waals surface area contributed by atoms with Crippen molar-refractivity contribution >= 4 is 23.5 Å². The SMILES string of the molecule is Cc1cccc(Nc2ncc(C(=O)N3CCN(C(=O)c4ccco4)CC3)cn2)c1. The minimum atomic E-state index is -0.156. The molecule has 1 saturated heterocycles. The first-order valence-corrected chi connectivity index (χ1v) is 9.38. The van der Waals surface area contributed by atoms with Crippen LogP contribution in [0.1, 0.15) is 26.5 Å². The molecule has 0 bridgehead atoms. The van der Waals surface area contributed by atoms with Gasteiger partial charge in [-0.25, -0.2) is 9.97 Å². The highest BCUT2D eigenvalue weighted by Crippen LogP contribution is 2.15. The van der Waals surface area contributed by atoms with Gasteiger partial charge in [0.25, 0.3) is 11.8 Å². The Kier molecular flexibility index (Phi) is 5.24. The number of piperazine rings is 1. The lowest BCUT2D eigenvalue weighted by Crippen LogP contribution is -2.50. The quantitative estimate of drug-likeness (QED) is 0.735. The minimum Gasteiger partial charge on any atom is -0.459 e. The molecule has 0 saturated carbocycles. The molecule has 2 amide bonds. The van der Waals surface area contributed by atoms with Gasteiger partial charge >= 0.3 is 0 Å². The zero-order valence-corrected chi connectivity index (χ0v) is 16.0. The fourth-order valence-corrected chi connectivity index (χ4v) is 3.21. The number of rotatable bonds is 4. The highest BCUT2D eigenvalue weighted by atomic mass is 16.3. The summed E-state index contributed by atoms with van der Waals surface area (Å²) in [6.45, 7) is 3.83. The Balaban J connectivity index is 1.34. The van der Waals surface area contributed by atoms with Crippen molar-refractivity contribution in [1.82, 2.24) is 19.8 Å². The molecular weight excluding hydrogens is 370 g/mol. The van der Waals surface area contributed by atoms with Crippen molar-refractivity contribution in [1.29, 1.82) is 0 Å². The number of hydrogen-bond donors (Lipinski definition) is 1. The van der Waals surface area contributed by atoms with Crippen molar-refractivity contribution in [3.63, 3.8) is 0 Å². The zero-order valence-electron chi connectivity index (χ0n) is 16.0. The van der Waals surface area contributed by atoms with E-state index in [1.54, 1.807) is 21.9 Å². The molecule has 8 heteroatoms. The number of aromatic nitrogens is 2. The van der Waals surface area contributed by atoms with Crippen LogP contribution in [0.15, 0.2) is 59.5 Å². The molecule has 8 nitrogen and oxygen atoms in total. The van der Waals surface area contributed by atoms with Gasteiger partial charge in [-0.3, -0.25) is 9.59 Å². The van der Waals surface area contributed by atoms with Crippen molar-refractivity contribution in [2.24, 2.45) is 0 Å². The topological polar surface area (TPSA) is 91.6 Å². The predicted octanol–water partition coefficient (Wildman–Crippen LogP) is 2.72. The average molecular weight is 391 g/mol. The van der Waals surface area contributed by atoms with Gasteiger partial charge in [-0.15, -0.1) is 0 Å². The molecular formula is C21H21N5O3. The van der Waals surface area contributed by atoms with Gasteiger partial charge in [0, 0.05) is 44.3 Å². The summed E-state index contributed by atoms with van der Waals surface area (Å²) in [7, 11) is 0. The summed E-state index contributed by atoms with van der Waals surface area (Å²) in [6.07, 6.45) is 4.52. The van der Waals surface area contributed by atoms with Crippen LogP contribution in [0.3, 0.4) is 0 Å². The van der Waals surface area contributed by atoms with Gasteiger partial charge in [-0.2, -0.15) is 0 Å². The molecule has 1 aromatic carbocycles. The van der Waals surface area contributed by atoms with Crippen LogP contribution in [-0.2, 0) is 0 Å². The molecule has 0 atom stereocenters. The summed E-state index contributed by atoms with van der Waals surface area (Å²) >= 11 is 0. The van der Waals surface area contributed by atoms with Gasteiger partial charge in [-0.1, -0.05) is 12.1 Å². The van der Waals surface area contributed by atoms with E-state index in [0.717, 1.165) is 11.3 Å². The van der Waals surface area contributed by atoms with E-state index >= 15 is 0 Å². The third-order valence-corrected chi connectivity index (χ3v) is 4.76. The number of nitrogens with one attached hydrogen (secondary N) is 1. The second-order valence-corrected chi connectivity index (χ2v) is 6.85. The molecule has 0 spiro atoms. The van der Waals surface area contributed by atoms with Crippen LogP contribution in [0.5, 0.6) is 0 Å². The lowest BCUT2D eigenvalue weighted by molar-refractivity contribution is 0.0517. The minimum absolute atomic E-state index is 0.141. The Morgan fingerprint density at radius 1 is 0.966 bits per heavy atom. The summed E-state index contributed by atoms with van der Waals surface area (Å²) in [4.78, 5) is 36.9. The summed E-state index contributed by atoms with van der Waals surface area (Å²) in [5, 5.41) is 3.12. The van der Waals surface area contributed by atoms with Gasteiger partial charge in [0.05, 0.1) is 11.8 Å². The largest absolute Gasteiger partial charge is 0.459 e. The predicted molar refractivity (Wildman–Crippen MR) is 107 cm³/mol. The standard InChI is InChI=1S/C21H21N5O3/c1-15-4-2-5-17(12-15)24-21-22-13-16(14-23-21)19(27)25-7-9-26(10-8-25)20(28)18-6-3-11-29-18/h2-6,11-14H,7-10H2,1H3,(H,22,23,24). The maximum atomic E-state index is 12.7. The van der Waals surface area contributed by atoms with E-state index < -0.39 is 0 Å². The Hall–Kier alpha value is -3.68. The third-order valence-electron chi connectivity index (χ3n) is 4.76. The smallest absolute Gasteiger partial charge is 0.289 e. The first-order valence-electron chi connectivity index (χ1n) is 9.38. The Bertz CT molecular complexity index is 993. The number of furan rings is 1. The fraction of sp³-hybridized carbons (Fsp3) is 0.238. The van der Waals surface area contributed by atoms with E-state index in [4.69, 9.17) is 4.42 Å². The van der Waals surface area contributed by atoms with Gasteiger partial charge < -0.3 is 19.5 Å². The fourth-order valence-electron chi connectivity index (χ4n) is 3.21. The molecule has 2 aromatic heterocycles. The number of amides is 2. The molecule has 0 radical (unpaired) electrons. The molecule has 0 unspecified atom stereocenters. The van der Waals surface area contributed by atoms with Crippen LogP contribution in [0.2, 0.25) is 0 Å². The van der Waals surface area contributed by atoms with Crippen LogP contribution in [0.4, 0.5) is 11.6 Å². The molecule has 3 aromatic rings. The monoisotopic (exact) mass is 391 g/mol. The lowest BCUT2D eigenvalue weighted by Gasteiger charge is -2.34. The van der Waals surface area contributed by atoms with Crippen LogP contribution in [0, 0.1) is 6.92 Å². The van der Waals surface area contributed by atoms with Crippen molar-refractivity contribution in [3.05, 3.63) is 71.9 Å². The number of carbonyl (C=O) groups is 2. The maximum Gasteiger partial charge on any atom is 0.289 e. The van der Waals surface area contributed by atoms with Gasteiger partial charge in [0.2, 0.25) is 5.95 Å². The van der Waals surface area contributed by atoms with Crippen LogP contribution in [0.25, 0.3) is 0 Å². The summed E-state index contributed by atoms with van der Waals surface area (Å²) in [6, 6.07) is 11.2. The third kappa shape index (κ3) is 4.26. The number of aryl methyl sites for hydroxylation is 1. The molecule has 0 aliphatic carbocycles. The van der Waals surface area contributed by atoms with Crippen molar-refractivity contribution < 1.29 is 14.0 Å². The van der Waals surface area contributed by atoms with Crippen molar-refractivity contribution in [2.45, 2.75) is 6.92 Å². The Morgan fingerprint density at radius 2 is 1.66 bits per heavy atom. The number of nitrogens with zero attached hydrogens (tertiary/aromatic N) is 4. The molecule has 29 heavy (non-hydrogen) atoms. The zero-order chi connectivity index (χ0) is 20.2. The number of carbonyl (C=O) groups excluding carboxylic acids is 2. The summed E-state index contributed by atoms with van der Waals surface area (Å²) in [5.74, 6) is 0.449. The molecule has 4 rings (SSSR count). The van der Waals surface area contributed by atoms with Crippen LogP contribution < -0.4 is 5.32 Å². The maximum absolute atomic E-state index is 12.7. The highest BCUT2D eigenvalue weighted by molar-refractivity contribution is 5.94. The highest BCUT2D eigenvalue weighted by Gasteiger charge is 2.26. The molecule has 1 N–H and O–H groups in total. The molecule has 148 valence electrons. The molecule has 1 aliphatic heterocycles. The second-order valence-electron chi connectivity index (χ2n) is 6.85. The molecule has 1 aliphatic rings. The van der Waals surface area contributed by atoms with E-state index in [0.29, 0.717) is 43.5 Å². The second kappa shape index (κ2) is 8.14. The van der Waals surface area contributed by atoms with Crippen LogP contribution >= 0.6 is 0 Å². The lowest BCUT2D eigenvalue weighted by atomic mass is 10.2. The number of benzene rings is 1. The number of anilines is 2. The van der Waals surface area contributed by atoms with Crippen molar-refractivity contribution in [3.8, 4) is 0 Å². The molecule has 1 fully saturated rings. The first-order chi connectivity index (χ1) is 14.1. The average Bonchev–Trinajstić information content (AvgIpc) is 3.28.